The second-order valence-electron chi connectivity index (χ2n) is 4.10. The minimum atomic E-state index is 0.360. The van der Waals surface area contributed by atoms with Gasteiger partial charge in [-0.25, -0.2) is 0 Å². The predicted molar refractivity (Wildman–Crippen MR) is 68.5 cm³/mol. The number of aryl methyl sites for hydroxylation is 1. The van der Waals surface area contributed by atoms with E-state index < -0.39 is 0 Å². The topological polar surface area (TPSA) is 36.7 Å². The molecule has 0 saturated carbocycles. The van der Waals surface area contributed by atoms with Crippen molar-refractivity contribution in [2.45, 2.75) is 20.3 Å². The van der Waals surface area contributed by atoms with Crippen LogP contribution in [0, 0.1) is 25.2 Å². The van der Waals surface area contributed by atoms with E-state index in [9.17, 15) is 0 Å². The average Bonchev–Trinajstić information content (AvgIpc) is 2.33. The van der Waals surface area contributed by atoms with Gasteiger partial charge in [-0.3, -0.25) is 4.98 Å². The van der Waals surface area contributed by atoms with Crippen molar-refractivity contribution in [1.29, 1.82) is 5.26 Å². The zero-order valence-corrected chi connectivity index (χ0v) is 10.1. The zero-order valence-electron chi connectivity index (χ0n) is 10.1. The SMILES string of the molecule is Cc1cccc(-c2cccc(CC#N)n2)c1C. The number of rotatable bonds is 2. The Morgan fingerprint density at radius 3 is 2.65 bits per heavy atom. The van der Waals surface area contributed by atoms with E-state index in [2.05, 4.69) is 37.0 Å². The highest BCUT2D eigenvalue weighted by molar-refractivity contribution is 5.65. The molecule has 0 amide bonds. The maximum Gasteiger partial charge on any atom is 0.0774 e. The molecule has 84 valence electrons. The maximum atomic E-state index is 8.69. The van der Waals surface area contributed by atoms with Crippen LogP contribution in [0.25, 0.3) is 11.3 Å². The predicted octanol–water partition coefficient (Wildman–Crippen LogP) is 3.43. The lowest BCUT2D eigenvalue weighted by Gasteiger charge is -2.08. The van der Waals surface area contributed by atoms with Crippen LogP contribution in [-0.2, 0) is 6.42 Å². The molecule has 0 aliphatic rings. The van der Waals surface area contributed by atoms with Gasteiger partial charge in [0.2, 0.25) is 0 Å². The van der Waals surface area contributed by atoms with Gasteiger partial charge in [0.25, 0.3) is 0 Å². The molecule has 2 heteroatoms. The second kappa shape index (κ2) is 4.80. The minimum Gasteiger partial charge on any atom is -0.252 e. The van der Waals surface area contributed by atoms with Crippen molar-refractivity contribution in [3.63, 3.8) is 0 Å². The summed E-state index contributed by atoms with van der Waals surface area (Å²) in [7, 11) is 0. The molecule has 0 bridgehead atoms. The van der Waals surface area contributed by atoms with E-state index in [0.29, 0.717) is 6.42 Å². The number of hydrogen-bond acceptors (Lipinski definition) is 2. The van der Waals surface area contributed by atoms with Gasteiger partial charge in [0.15, 0.2) is 0 Å². The highest BCUT2D eigenvalue weighted by atomic mass is 14.7. The summed E-state index contributed by atoms with van der Waals surface area (Å²) >= 11 is 0. The summed E-state index contributed by atoms with van der Waals surface area (Å²) in [6, 6.07) is 14.2. The van der Waals surface area contributed by atoms with Crippen molar-refractivity contribution in [2.75, 3.05) is 0 Å². The Kier molecular flexibility index (Phi) is 3.20. The van der Waals surface area contributed by atoms with Crippen LogP contribution < -0.4 is 0 Å². The molecule has 0 radical (unpaired) electrons. The molecule has 0 spiro atoms. The van der Waals surface area contributed by atoms with Crippen molar-refractivity contribution in [3.05, 3.63) is 53.2 Å². The largest absolute Gasteiger partial charge is 0.252 e. The van der Waals surface area contributed by atoms with Crippen LogP contribution in [0.4, 0.5) is 0 Å². The van der Waals surface area contributed by atoms with Crippen LogP contribution in [0.3, 0.4) is 0 Å². The van der Waals surface area contributed by atoms with Crippen LogP contribution in [0.5, 0.6) is 0 Å². The summed E-state index contributed by atoms with van der Waals surface area (Å²) in [6.07, 6.45) is 0.360. The summed E-state index contributed by atoms with van der Waals surface area (Å²) in [6.45, 7) is 4.20. The van der Waals surface area contributed by atoms with E-state index >= 15 is 0 Å². The molecule has 0 aliphatic carbocycles. The fourth-order valence-electron chi connectivity index (χ4n) is 1.84. The van der Waals surface area contributed by atoms with Gasteiger partial charge in [-0.1, -0.05) is 24.3 Å². The fourth-order valence-corrected chi connectivity index (χ4v) is 1.84. The Bertz CT molecular complexity index is 580. The van der Waals surface area contributed by atoms with E-state index in [0.717, 1.165) is 17.0 Å². The van der Waals surface area contributed by atoms with Crippen LogP contribution in [0.1, 0.15) is 16.8 Å². The molecule has 1 aromatic heterocycles. The maximum absolute atomic E-state index is 8.69. The lowest BCUT2D eigenvalue weighted by Crippen LogP contribution is -1.93. The molecule has 0 unspecified atom stereocenters. The standard InChI is InChI=1S/C15H14N2/c1-11-5-3-7-14(12(11)2)15-8-4-6-13(17-15)9-10-16/h3-8H,9H2,1-2H3. The summed E-state index contributed by atoms with van der Waals surface area (Å²) in [4.78, 5) is 4.51. The molecule has 1 heterocycles. The monoisotopic (exact) mass is 222 g/mol. The smallest absolute Gasteiger partial charge is 0.0774 e. The second-order valence-corrected chi connectivity index (χ2v) is 4.10. The van der Waals surface area contributed by atoms with Crippen molar-refractivity contribution >= 4 is 0 Å². The molecule has 0 aliphatic heterocycles. The first-order valence-electron chi connectivity index (χ1n) is 5.62. The van der Waals surface area contributed by atoms with Gasteiger partial charge >= 0.3 is 0 Å². The number of pyridine rings is 1. The Balaban J connectivity index is 2.50. The lowest BCUT2D eigenvalue weighted by atomic mass is 10.0. The first-order valence-corrected chi connectivity index (χ1v) is 5.62. The van der Waals surface area contributed by atoms with E-state index in [-0.39, 0.29) is 0 Å². The van der Waals surface area contributed by atoms with Crippen molar-refractivity contribution < 1.29 is 0 Å². The van der Waals surface area contributed by atoms with E-state index in [1.165, 1.54) is 11.1 Å². The molecule has 0 N–H and O–H groups in total. The normalized spacial score (nSPS) is 9.94. The Morgan fingerprint density at radius 1 is 1.12 bits per heavy atom. The summed E-state index contributed by atoms with van der Waals surface area (Å²) in [5.41, 5.74) is 5.42. The summed E-state index contributed by atoms with van der Waals surface area (Å²) in [5, 5.41) is 8.69. The summed E-state index contributed by atoms with van der Waals surface area (Å²) < 4.78 is 0. The van der Waals surface area contributed by atoms with Crippen molar-refractivity contribution in [1.82, 2.24) is 4.98 Å². The quantitative estimate of drug-likeness (QED) is 0.780. The van der Waals surface area contributed by atoms with Crippen LogP contribution in [-0.4, -0.2) is 4.98 Å². The van der Waals surface area contributed by atoms with Gasteiger partial charge < -0.3 is 0 Å². The van der Waals surface area contributed by atoms with Gasteiger partial charge in [0.05, 0.1) is 23.9 Å². The fraction of sp³-hybridized carbons (Fsp3) is 0.200. The van der Waals surface area contributed by atoms with Gasteiger partial charge in [-0.2, -0.15) is 5.26 Å². The molecular formula is C15H14N2. The van der Waals surface area contributed by atoms with Crippen molar-refractivity contribution in [3.8, 4) is 17.3 Å². The average molecular weight is 222 g/mol. The molecule has 17 heavy (non-hydrogen) atoms. The van der Waals surface area contributed by atoms with Gasteiger partial charge in [0, 0.05) is 5.56 Å². The molecule has 0 fully saturated rings. The highest BCUT2D eigenvalue weighted by Crippen LogP contribution is 2.23. The highest BCUT2D eigenvalue weighted by Gasteiger charge is 2.05. The van der Waals surface area contributed by atoms with Gasteiger partial charge in [-0.15, -0.1) is 0 Å². The first-order chi connectivity index (χ1) is 8.22. The number of hydrogen-bond donors (Lipinski definition) is 0. The van der Waals surface area contributed by atoms with E-state index in [4.69, 9.17) is 5.26 Å². The Morgan fingerprint density at radius 2 is 1.88 bits per heavy atom. The summed E-state index contributed by atoms with van der Waals surface area (Å²) in [5.74, 6) is 0. The third-order valence-electron chi connectivity index (χ3n) is 2.95. The molecule has 1 aromatic carbocycles. The van der Waals surface area contributed by atoms with Gasteiger partial charge in [0.1, 0.15) is 0 Å². The Hall–Kier alpha value is -2.14. The van der Waals surface area contributed by atoms with Crippen LogP contribution in [0.2, 0.25) is 0 Å². The Labute approximate surface area is 102 Å². The number of benzene rings is 1. The third kappa shape index (κ3) is 2.34. The lowest BCUT2D eigenvalue weighted by molar-refractivity contribution is 1.12. The minimum absolute atomic E-state index is 0.360. The van der Waals surface area contributed by atoms with Crippen LogP contribution in [0.15, 0.2) is 36.4 Å². The molecule has 2 nitrogen and oxygen atoms in total. The third-order valence-corrected chi connectivity index (χ3v) is 2.95. The molecule has 2 rings (SSSR count). The molecular weight excluding hydrogens is 208 g/mol. The van der Waals surface area contributed by atoms with E-state index in [1.807, 2.05) is 24.3 Å². The van der Waals surface area contributed by atoms with Gasteiger partial charge in [-0.05, 0) is 37.1 Å². The first kappa shape index (κ1) is 11.3. The molecule has 2 aromatic rings. The zero-order chi connectivity index (χ0) is 12.3. The number of nitrogens with zero attached hydrogens (tertiary/aromatic N) is 2. The van der Waals surface area contributed by atoms with Crippen LogP contribution >= 0.6 is 0 Å². The number of nitriles is 1. The molecule has 0 atom stereocenters. The molecule has 0 saturated heterocycles. The van der Waals surface area contributed by atoms with Crippen molar-refractivity contribution in [2.24, 2.45) is 0 Å². The van der Waals surface area contributed by atoms with E-state index in [1.54, 1.807) is 0 Å². The number of aromatic nitrogens is 1.